The van der Waals surface area contributed by atoms with E-state index in [1.54, 1.807) is 0 Å². The molecule has 0 saturated heterocycles. The summed E-state index contributed by atoms with van der Waals surface area (Å²) in [5.74, 6) is 0.995. The molecule has 0 aliphatic heterocycles. The number of benzene rings is 1. The van der Waals surface area contributed by atoms with Crippen LogP contribution in [0.3, 0.4) is 0 Å². The van der Waals surface area contributed by atoms with Crippen LogP contribution < -0.4 is 4.90 Å². The molecule has 2 aromatic rings. The first-order chi connectivity index (χ1) is 6.29. The maximum Gasteiger partial charge on any atom is 0.135 e. The lowest BCUT2D eigenvalue weighted by Gasteiger charge is -2.13. The van der Waals surface area contributed by atoms with Crippen molar-refractivity contribution in [3.05, 3.63) is 36.5 Å². The van der Waals surface area contributed by atoms with E-state index in [2.05, 4.69) is 17.1 Å². The van der Waals surface area contributed by atoms with Crippen LogP contribution in [0.1, 0.15) is 0 Å². The van der Waals surface area contributed by atoms with Gasteiger partial charge in [-0.3, -0.25) is 0 Å². The van der Waals surface area contributed by atoms with Gasteiger partial charge in [0.1, 0.15) is 5.82 Å². The molecule has 2 heteroatoms. The number of pyridine rings is 1. The highest BCUT2D eigenvalue weighted by atomic mass is 15.1. The zero-order chi connectivity index (χ0) is 9.26. The summed E-state index contributed by atoms with van der Waals surface area (Å²) < 4.78 is 0. The molecule has 2 nitrogen and oxygen atoms in total. The minimum Gasteiger partial charge on any atom is -0.362 e. The third-order valence-electron chi connectivity index (χ3n) is 1.99. The molecule has 0 aliphatic carbocycles. The molecule has 1 aromatic heterocycles. The van der Waals surface area contributed by atoms with E-state index in [0.717, 1.165) is 16.6 Å². The summed E-state index contributed by atoms with van der Waals surface area (Å²) in [5, 5.41) is 2.26. The van der Waals surface area contributed by atoms with Crippen molar-refractivity contribution in [2.75, 3.05) is 19.0 Å². The normalized spacial score (nSPS) is 10.3. The van der Waals surface area contributed by atoms with E-state index in [-0.39, 0.29) is 0 Å². The Hall–Kier alpha value is -1.57. The van der Waals surface area contributed by atoms with Crippen LogP contribution in [0, 0.1) is 6.07 Å². The number of hydrogen-bond donors (Lipinski definition) is 0. The zero-order valence-corrected chi connectivity index (χ0v) is 7.78. The fourth-order valence-corrected chi connectivity index (χ4v) is 1.39. The van der Waals surface area contributed by atoms with Crippen LogP contribution in [0.25, 0.3) is 10.8 Å². The maximum atomic E-state index is 4.31. The minimum absolute atomic E-state index is 0.995. The summed E-state index contributed by atoms with van der Waals surface area (Å²) in [5.41, 5.74) is 0. The molecule has 0 aliphatic rings. The van der Waals surface area contributed by atoms with Gasteiger partial charge in [0, 0.05) is 25.7 Å². The van der Waals surface area contributed by atoms with Crippen LogP contribution in [0.4, 0.5) is 5.82 Å². The van der Waals surface area contributed by atoms with Gasteiger partial charge in [-0.25, -0.2) is 4.98 Å². The summed E-state index contributed by atoms with van der Waals surface area (Å²) in [6.45, 7) is 0. The molecule has 1 heterocycles. The van der Waals surface area contributed by atoms with Gasteiger partial charge < -0.3 is 4.90 Å². The smallest absolute Gasteiger partial charge is 0.135 e. The molecular weight excluding hydrogens is 160 g/mol. The predicted octanol–water partition coefficient (Wildman–Crippen LogP) is 2.10. The van der Waals surface area contributed by atoms with Crippen LogP contribution >= 0.6 is 0 Å². The maximum absolute atomic E-state index is 4.31. The van der Waals surface area contributed by atoms with E-state index in [9.17, 15) is 0 Å². The number of hydrogen-bond acceptors (Lipinski definition) is 2. The van der Waals surface area contributed by atoms with Gasteiger partial charge in [-0.05, 0) is 17.5 Å². The lowest BCUT2D eigenvalue weighted by atomic mass is 10.1. The average Bonchev–Trinajstić information content (AvgIpc) is 2.17. The summed E-state index contributed by atoms with van der Waals surface area (Å²) in [4.78, 5) is 6.32. The van der Waals surface area contributed by atoms with Gasteiger partial charge in [0.25, 0.3) is 0 Å². The van der Waals surface area contributed by atoms with Crippen molar-refractivity contribution >= 4 is 16.6 Å². The van der Waals surface area contributed by atoms with E-state index < -0.39 is 0 Å². The Labute approximate surface area is 77.8 Å². The van der Waals surface area contributed by atoms with Crippen molar-refractivity contribution in [3.63, 3.8) is 0 Å². The Kier molecular flexibility index (Phi) is 1.89. The Morgan fingerprint density at radius 1 is 1.31 bits per heavy atom. The second-order valence-corrected chi connectivity index (χ2v) is 3.16. The summed E-state index contributed by atoms with van der Waals surface area (Å²) >= 11 is 0. The lowest BCUT2D eigenvalue weighted by molar-refractivity contribution is 1.08. The highest BCUT2D eigenvalue weighted by molar-refractivity contribution is 5.91. The molecule has 2 rings (SSSR count). The third-order valence-corrected chi connectivity index (χ3v) is 1.99. The lowest BCUT2D eigenvalue weighted by Crippen LogP contribution is -2.10. The van der Waals surface area contributed by atoms with Gasteiger partial charge in [-0.1, -0.05) is 18.2 Å². The van der Waals surface area contributed by atoms with E-state index in [0.29, 0.717) is 0 Å². The Balaban J connectivity index is 2.76. The molecule has 1 aromatic carbocycles. The summed E-state index contributed by atoms with van der Waals surface area (Å²) in [6.07, 6.45) is 1.81. The van der Waals surface area contributed by atoms with E-state index in [4.69, 9.17) is 0 Å². The van der Waals surface area contributed by atoms with Crippen LogP contribution in [-0.2, 0) is 0 Å². The molecule has 1 radical (unpaired) electrons. The molecule has 13 heavy (non-hydrogen) atoms. The van der Waals surface area contributed by atoms with Crippen molar-refractivity contribution in [3.8, 4) is 0 Å². The Bertz CT molecular complexity index is 416. The molecule has 0 bridgehead atoms. The van der Waals surface area contributed by atoms with Gasteiger partial charge in [0.2, 0.25) is 0 Å². The average molecular weight is 171 g/mol. The number of rotatable bonds is 1. The van der Waals surface area contributed by atoms with Crippen LogP contribution in [0.2, 0.25) is 0 Å². The predicted molar refractivity (Wildman–Crippen MR) is 54.9 cm³/mol. The molecular formula is C11H11N2. The van der Waals surface area contributed by atoms with Gasteiger partial charge in [0.05, 0.1) is 0 Å². The molecule has 0 atom stereocenters. The summed E-state index contributed by atoms with van der Waals surface area (Å²) in [7, 11) is 3.99. The number of anilines is 1. The quantitative estimate of drug-likeness (QED) is 0.653. The van der Waals surface area contributed by atoms with Gasteiger partial charge in [-0.15, -0.1) is 0 Å². The van der Waals surface area contributed by atoms with Gasteiger partial charge in [0.15, 0.2) is 0 Å². The number of aromatic nitrogens is 1. The van der Waals surface area contributed by atoms with Crippen molar-refractivity contribution in [2.45, 2.75) is 0 Å². The van der Waals surface area contributed by atoms with E-state index in [1.165, 1.54) is 0 Å². The van der Waals surface area contributed by atoms with Crippen molar-refractivity contribution < 1.29 is 0 Å². The van der Waals surface area contributed by atoms with Crippen LogP contribution in [0.5, 0.6) is 0 Å². The molecule has 0 saturated carbocycles. The highest BCUT2D eigenvalue weighted by Gasteiger charge is 2.01. The number of nitrogens with zero attached hydrogens (tertiary/aromatic N) is 2. The van der Waals surface area contributed by atoms with Gasteiger partial charge >= 0.3 is 0 Å². The fraction of sp³-hybridized carbons (Fsp3) is 0.182. The first-order valence-corrected chi connectivity index (χ1v) is 4.22. The van der Waals surface area contributed by atoms with Crippen LogP contribution in [-0.4, -0.2) is 19.1 Å². The van der Waals surface area contributed by atoms with E-state index in [1.807, 2.05) is 43.4 Å². The Morgan fingerprint density at radius 3 is 2.92 bits per heavy atom. The van der Waals surface area contributed by atoms with Crippen molar-refractivity contribution in [1.82, 2.24) is 4.98 Å². The molecule has 0 spiro atoms. The van der Waals surface area contributed by atoms with Crippen LogP contribution in [0.15, 0.2) is 30.5 Å². The summed E-state index contributed by atoms with van der Waals surface area (Å²) in [6, 6.07) is 11.1. The van der Waals surface area contributed by atoms with Crippen molar-refractivity contribution in [2.24, 2.45) is 0 Å². The molecule has 0 unspecified atom stereocenters. The topological polar surface area (TPSA) is 16.1 Å². The molecule has 0 amide bonds. The molecule has 0 fully saturated rings. The molecule has 0 N–H and O–H groups in total. The minimum atomic E-state index is 0.995. The fourth-order valence-electron chi connectivity index (χ4n) is 1.39. The van der Waals surface area contributed by atoms with Crippen molar-refractivity contribution in [1.29, 1.82) is 0 Å². The van der Waals surface area contributed by atoms with E-state index >= 15 is 0 Å². The SMILES string of the molecule is CN(C)c1nccc2[c]cccc12. The zero-order valence-electron chi connectivity index (χ0n) is 7.78. The second-order valence-electron chi connectivity index (χ2n) is 3.16. The standard InChI is InChI=1S/C11H11N2/c1-13(2)11-10-6-4-3-5-9(10)7-8-12-11/h3-4,6-8H,1-2H3. The first kappa shape index (κ1) is 8.05. The monoisotopic (exact) mass is 171 g/mol. The first-order valence-electron chi connectivity index (χ1n) is 4.22. The highest BCUT2D eigenvalue weighted by Crippen LogP contribution is 2.21. The van der Waals surface area contributed by atoms with Gasteiger partial charge in [-0.2, -0.15) is 0 Å². The Morgan fingerprint density at radius 2 is 2.15 bits per heavy atom. The second kappa shape index (κ2) is 3.05. The number of fused-ring (bicyclic) bond motifs is 1. The largest absolute Gasteiger partial charge is 0.362 e. The third kappa shape index (κ3) is 1.35. The molecule has 65 valence electrons.